The van der Waals surface area contributed by atoms with E-state index < -0.39 is 6.10 Å². The summed E-state index contributed by atoms with van der Waals surface area (Å²) in [7, 11) is 0. The summed E-state index contributed by atoms with van der Waals surface area (Å²) in [6, 6.07) is 22.1. The first kappa shape index (κ1) is 15.7. The van der Waals surface area contributed by atoms with Gasteiger partial charge in [-0.1, -0.05) is 42.5 Å². The van der Waals surface area contributed by atoms with E-state index in [2.05, 4.69) is 5.32 Å². The number of carbonyl (C=O) groups excluding carboxylic acids is 1. The third kappa shape index (κ3) is 3.43. The molecule has 0 aromatic heterocycles. The molecule has 1 atom stereocenters. The molecule has 0 spiro atoms. The second-order valence-corrected chi connectivity index (χ2v) is 5.53. The van der Waals surface area contributed by atoms with Crippen LogP contribution in [0.25, 0.3) is 10.8 Å². The number of carbonyl (C=O) groups is 1. The van der Waals surface area contributed by atoms with Gasteiger partial charge < -0.3 is 10.4 Å². The normalized spacial score (nSPS) is 11.7. The number of hydrogen-bond acceptors (Lipinski definition) is 3. The zero-order valence-corrected chi connectivity index (χ0v) is 12.9. The first-order valence-electron chi connectivity index (χ1n) is 7.62. The van der Waals surface area contributed by atoms with E-state index in [9.17, 15) is 9.90 Å². The first-order chi connectivity index (χ1) is 11.7. The van der Waals surface area contributed by atoms with E-state index >= 15 is 0 Å². The minimum atomic E-state index is -0.794. The summed E-state index contributed by atoms with van der Waals surface area (Å²) in [5.74, 6) is -0.313. The van der Waals surface area contributed by atoms with E-state index in [1.165, 1.54) is 6.07 Å². The van der Waals surface area contributed by atoms with Gasteiger partial charge in [0.05, 0.1) is 17.7 Å². The Morgan fingerprint density at radius 2 is 1.83 bits per heavy atom. The zero-order chi connectivity index (χ0) is 16.9. The lowest BCUT2D eigenvalue weighted by atomic mass is 10.0. The van der Waals surface area contributed by atoms with E-state index in [-0.39, 0.29) is 12.5 Å². The molecule has 0 heterocycles. The largest absolute Gasteiger partial charge is 0.387 e. The molecule has 24 heavy (non-hydrogen) atoms. The molecule has 0 aliphatic carbocycles. The van der Waals surface area contributed by atoms with Crippen LogP contribution in [-0.4, -0.2) is 17.6 Å². The molecular formula is C20H16N2O2. The number of amides is 1. The second kappa shape index (κ2) is 6.95. The highest BCUT2D eigenvalue weighted by Crippen LogP contribution is 2.20. The number of benzene rings is 3. The third-order valence-corrected chi connectivity index (χ3v) is 3.87. The summed E-state index contributed by atoms with van der Waals surface area (Å²) in [5.41, 5.74) is 1.58. The molecule has 3 rings (SSSR count). The fraction of sp³-hybridized carbons (Fsp3) is 0.100. The number of fused-ring (bicyclic) bond motifs is 1. The van der Waals surface area contributed by atoms with Crippen LogP contribution in [0.4, 0.5) is 0 Å². The van der Waals surface area contributed by atoms with E-state index in [4.69, 9.17) is 5.26 Å². The van der Waals surface area contributed by atoms with Gasteiger partial charge in [0.15, 0.2) is 0 Å². The Morgan fingerprint density at radius 3 is 2.62 bits per heavy atom. The number of aliphatic hydroxyl groups excluding tert-OH is 1. The third-order valence-electron chi connectivity index (χ3n) is 3.87. The fourth-order valence-corrected chi connectivity index (χ4v) is 2.55. The van der Waals surface area contributed by atoms with Gasteiger partial charge in [-0.15, -0.1) is 0 Å². The monoisotopic (exact) mass is 316 g/mol. The number of aliphatic hydroxyl groups is 1. The van der Waals surface area contributed by atoms with E-state index in [0.717, 1.165) is 16.3 Å². The Bertz CT molecular complexity index is 928. The predicted molar refractivity (Wildman–Crippen MR) is 92.4 cm³/mol. The second-order valence-electron chi connectivity index (χ2n) is 5.53. The Hall–Kier alpha value is -3.16. The molecule has 0 radical (unpaired) electrons. The highest BCUT2D eigenvalue weighted by Gasteiger charge is 2.11. The van der Waals surface area contributed by atoms with Gasteiger partial charge in [0, 0.05) is 12.1 Å². The highest BCUT2D eigenvalue weighted by molar-refractivity contribution is 5.94. The molecule has 4 nitrogen and oxygen atoms in total. The number of nitriles is 1. The molecule has 1 unspecified atom stereocenters. The lowest BCUT2D eigenvalue weighted by molar-refractivity contribution is 0.0916. The summed E-state index contributed by atoms with van der Waals surface area (Å²) in [6.45, 7) is 0.105. The van der Waals surface area contributed by atoms with Crippen molar-refractivity contribution in [3.63, 3.8) is 0 Å². The summed E-state index contributed by atoms with van der Waals surface area (Å²) in [5, 5.41) is 24.0. The van der Waals surface area contributed by atoms with Crippen LogP contribution in [0.1, 0.15) is 27.6 Å². The van der Waals surface area contributed by atoms with Crippen molar-refractivity contribution in [3.05, 3.63) is 83.4 Å². The van der Waals surface area contributed by atoms with Crippen LogP contribution in [0.3, 0.4) is 0 Å². The Kier molecular flexibility index (Phi) is 4.55. The molecule has 3 aromatic carbocycles. The predicted octanol–water partition coefficient (Wildman–Crippen LogP) is 3.17. The van der Waals surface area contributed by atoms with Gasteiger partial charge >= 0.3 is 0 Å². The average molecular weight is 316 g/mol. The van der Waals surface area contributed by atoms with Crippen LogP contribution in [0, 0.1) is 11.3 Å². The van der Waals surface area contributed by atoms with E-state index in [1.807, 2.05) is 48.5 Å². The maximum absolute atomic E-state index is 12.1. The first-order valence-corrected chi connectivity index (χ1v) is 7.62. The quantitative estimate of drug-likeness (QED) is 0.776. The molecule has 0 saturated heterocycles. The van der Waals surface area contributed by atoms with Crippen LogP contribution in [0.15, 0.2) is 66.7 Å². The Labute approximate surface area is 140 Å². The summed E-state index contributed by atoms with van der Waals surface area (Å²) in [4.78, 5) is 12.1. The molecule has 2 N–H and O–H groups in total. The van der Waals surface area contributed by atoms with Crippen molar-refractivity contribution >= 4 is 16.7 Å². The maximum Gasteiger partial charge on any atom is 0.251 e. The minimum Gasteiger partial charge on any atom is -0.387 e. The van der Waals surface area contributed by atoms with Gasteiger partial charge in [0.2, 0.25) is 0 Å². The van der Waals surface area contributed by atoms with Crippen LogP contribution in [0.2, 0.25) is 0 Å². The van der Waals surface area contributed by atoms with Gasteiger partial charge in [-0.25, -0.2) is 0 Å². The van der Waals surface area contributed by atoms with Gasteiger partial charge in [0.25, 0.3) is 5.91 Å². The number of rotatable bonds is 4. The van der Waals surface area contributed by atoms with Gasteiger partial charge in [-0.2, -0.15) is 5.26 Å². The van der Waals surface area contributed by atoms with Crippen molar-refractivity contribution in [1.29, 1.82) is 5.26 Å². The standard InChI is InChI=1S/C20H16N2O2/c21-12-14-4-3-7-18(10-14)20(24)22-13-19(23)17-9-8-15-5-1-2-6-16(15)11-17/h1-11,19,23H,13H2,(H,22,24). The topological polar surface area (TPSA) is 73.1 Å². The Morgan fingerprint density at radius 1 is 1.04 bits per heavy atom. The highest BCUT2D eigenvalue weighted by atomic mass is 16.3. The van der Waals surface area contributed by atoms with Gasteiger partial charge in [-0.3, -0.25) is 4.79 Å². The summed E-state index contributed by atoms with van der Waals surface area (Å²) in [6.07, 6.45) is -0.794. The lowest BCUT2D eigenvalue weighted by Gasteiger charge is -2.13. The maximum atomic E-state index is 12.1. The molecule has 3 aromatic rings. The molecule has 118 valence electrons. The van der Waals surface area contributed by atoms with E-state index in [0.29, 0.717) is 11.1 Å². The smallest absolute Gasteiger partial charge is 0.251 e. The molecular weight excluding hydrogens is 300 g/mol. The van der Waals surface area contributed by atoms with Gasteiger partial charge in [0.1, 0.15) is 0 Å². The molecule has 1 amide bonds. The van der Waals surface area contributed by atoms with Gasteiger partial charge in [-0.05, 0) is 40.6 Å². The SMILES string of the molecule is N#Cc1cccc(C(=O)NCC(O)c2ccc3ccccc3c2)c1. The van der Waals surface area contributed by atoms with Crippen molar-refractivity contribution in [3.8, 4) is 6.07 Å². The summed E-state index contributed by atoms with van der Waals surface area (Å²) < 4.78 is 0. The van der Waals surface area contributed by atoms with Crippen LogP contribution < -0.4 is 5.32 Å². The van der Waals surface area contributed by atoms with Crippen molar-refractivity contribution in [1.82, 2.24) is 5.32 Å². The number of nitrogens with zero attached hydrogens (tertiary/aromatic N) is 1. The van der Waals surface area contributed by atoms with Crippen LogP contribution >= 0.6 is 0 Å². The van der Waals surface area contributed by atoms with E-state index in [1.54, 1.807) is 18.2 Å². The van der Waals surface area contributed by atoms with Crippen molar-refractivity contribution in [2.45, 2.75) is 6.10 Å². The average Bonchev–Trinajstić information content (AvgIpc) is 2.65. The van der Waals surface area contributed by atoms with Crippen LogP contribution in [-0.2, 0) is 0 Å². The van der Waals surface area contributed by atoms with Crippen molar-refractivity contribution in [2.24, 2.45) is 0 Å². The number of nitrogens with one attached hydrogen (secondary N) is 1. The molecule has 0 fully saturated rings. The van der Waals surface area contributed by atoms with Crippen LogP contribution in [0.5, 0.6) is 0 Å². The van der Waals surface area contributed by atoms with Crippen molar-refractivity contribution < 1.29 is 9.90 Å². The summed E-state index contributed by atoms with van der Waals surface area (Å²) >= 11 is 0. The fourth-order valence-electron chi connectivity index (χ4n) is 2.55. The molecule has 0 bridgehead atoms. The number of hydrogen-bond donors (Lipinski definition) is 2. The lowest BCUT2D eigenvalue weighted by Crippen LogP contribution is -2.28. The zero-order valence-electron chi connectivity index (χ0n) is 12.9. The molecule has 0 aliphatic rings. The minimum absolute atomic E-state index is 0.105. The molecule has 4 heteroatoms. The molecule has 0 saturated carbocycles. The molecule has 0 aliphatic heterocycles. The Balaban J connectivity index is 1.68. The van der Waals surface area contributed by atoms with Crippen molar-refractivity contribution in [2.75, 3.05) is 6.54 Å².